The van der Waals surface area contributed by atoms with E-state index in [1.165, 1.54) is 6.92 Å². The van der Waals surface area contributed by atoms with Crippen LogP contribution in [0.4, 0.5) is 23.2 Å². The number of amides is 1. The number of nitrogens with one attached hydrogen (secondary N) is 1. The molecule has 0 radical (unpaired) electrons. The molecule has 0 saturated carbocycles. The van der Waals surface area contributed by atoms with E-state index in [4.69, 9.17) is 5.53 Å². The van der Waals surface area contributed by atoms with Crippen LogP contribution >= 0.6 is 0 Å². The zero-order valence-electron chi connectivity index (χ0n) is 12.9. The van der Waals surface area contributed by atoms with Crippen molar-refractivity contribution in [1.29, 1.82) is 0 Å². The highest BCUT2D eigenvalue weighted by Crippen LogP contribution is 2.30. The monoisotopic (exact) mass is 360 g/mol. The fraction of sp³-hybridized carbons (Fsp3) is 0.286. The van der Waals surface area contributed by atoms with Gasteiger partial charge in [0.1, 0.15) is 11.3 Å². The third-order valence-electron chi connectivity index (χ3n) is 2.82. The number of esters is 1. The number of benzene rings is 1. The molecule has 0 spiro atoms. The van der Waals surface area contributed by atoms with E-state index in [2.05, 4.69) is 21.7 Å². The van der Waals surface area contributed by atoms with E-state index in [-0.39, 0.29) is 25.1 Å². The van der Waals surface area contributed by atoms with Gasteiger partial charge in [-0.1, -0.05) is 11.7 Å². The summed E-state index contributed by atoms with van der Waals surface area (Å²) in [4.78, 5) is 24.8. The Morgan fingerprint density at radius 3 is 2.24 bits per heavy atom. The summed E-state index contributed by atoms with van der Waals surface area (Å²) >= 11 is 0. The third-order valence-corrected chi connectivity index (χ3v) is 2.82. The number of hydrogen-bond donors (Lipinski definition) is 1. The second-order valence-corrected chi connectivity index (χ2v) is 4.69. The summed E-state index contributed by atoms with van der Waals surface area (Å²) in [6.45, 7) is 4.56. The van der Waals surface area contributed by atoms with Crippen LogP contribution in [0.25, 0.3) is 10.4 Å². The van der Waals surface area contributed by atoms with Crippen molar-refractivity contribution in [2.75, 3.05) is 13.2 Å². The maximum atomic E-state index is 13.7. The fourth-order valence-corrected chi connectivity index (χ4v) is 1.59. The molecular formula is C14H12F4N4O3. The molecule has 0 fully saturated rings. The lowest BCUT2D eigenvalue weighted by molar-refractivity contribution is -0.117. The minimum absolute atomic E-state index is 0.0719. The fourth-order valence-electron chi connectivity index (χ4n) is 1.59. The first-order valence-electron chi connectivity index (χ1n) is 6.74. The molecule has 0 aliphatic carbocycles. The number of carbonyl (C=O) groups excluding carboxylic acids is 2. The summed E-state index contributed by atoms with van der Waals surface area (Å²) in [5, 5.41) is 4.91. The highest BCUT2D eigenvalue weighted by atomic mass is 19.2. The summed E-state index contributed by atoms with van der Waals surface area (Å²) in [7, 11) is 0. The maximum absolute atomic E-state index is 13.7. The normalized spacial score (nSPS) is 9.96. The molecule has 0 atom stereocenters. The summed E-state index contributed by atoms with van der Waals surface area (Å²) in [5.74, 6) is -10.2. The number of nitrogens with zero attached hydrogens (tertiary/aromatic N) is 3. The molecule has 7 nitrogen and oxygen atoms in total. The van der Waals surface area contributed by atoms with Crippen molar-refractivity contribution in [1.82, 2.24) is 5.32 Å². The highest BCUT2D eigenvalue weighted by Gasteiger charge is 2.29. The molecule has 0 unspecified atom stereocenters. The van der Waals surface area contributed by atoms with Gasteiger partial charge in [0.05, 0.1) is 6.61 Å². The Labute approximate surface area is 138 Å². The van der Waals surface area contributed by atoms with Gasteiger partial charge in [-0.15, -0.1) is 0 Å². The lowest BCUT2D eigenvalue weighted by Gasteiger charge is -2.10. The van der Waals surface area contributed by atoms with Crippen LogP contribution < -0.4 is 5.32 Å². The topological polar surface area (TPSA) is 104 Å². The van der Waals surface area contributed by atoms with Crippen LogP contribution in [0.2, 0.25) is 0 Å². The molecule has 1 N–H and O–H groups in total. The Kier molecular flexibility index (Phi) is 6.94. The van der Waals surface area contributed by atoms with Gasteiger partial charge < -0.3 is 10.1 Å². The number of hydrogen-bond acceptors (Lipinski definition) is 4. The van der Waals surface area contributed by atoms with Crippen molar-refractivity contribution in [2.24, 2.45) is 5.11 Å². The predicted octanol–water partition coefficient (Wildman–Crippen LogP) is 3.42. The Balaban J connectivity index is 2.81. The van der Waals surface area contributed by atoms with Gasteiger partial charge in [-0.3, -0.25) is 4.79 Å². The van der Waals surface area contributed by atoms with E-state index >= 15 is 0 Å². The molecule has 0 saturated heterocycles. The Morgan fingerprint density at radius 2 is 1.76 bits per heavy atom. The molecule has 25 heavy (non-hydrogen) atoms. The number of azide groups is 1. The van der Waals surface area contributed by atoms with Crippen LogP contribution in [-0.4, -0.2) is 25.0 Å². The molecule has 1 aromatic carbocycles. The van der Waals surface area contributed by atoms with Crippen molar-refractivity contribution >= 4 is 17.6 Å². The average molecular weight is 360 g/mol. The zero-order chi connectivity index (χ0) is 19.1. The van der Waals surface area contributed by atoms with Crippen LogP contribution in [0, 0.1) is 23.3 Å². The molecule has 0 bridgehead atoms. The van der Waals surface area contributed by atoms with Crippen LogP contribution in [0.1, 0.15) is 23.7 Å². The minimum Gasteiger partial charge on any atom is -0.462 e. The molecular weight excluding hydrogens is 348 g/mol. The van der Waals surface area contributed by atoms with E-state index in [9.17, 15) is 27.2 Å². The first-order valence-corrected chi connectivity index (χ1v) is 6.74. The first-order chi connectivity index (χ1) is 11.7. The number of ether oxygens (including phenoxy) is 1. The molecule has 0 aliphatic heterocycles. The first kappa shape index (κ1) is 20.0. The van der Waals surface area contributed by atoms with Gasteiger partial charge in [0, 0.05) is 17.0 Å². The van der Waals surface area contributed by atoms with Gasteiger partial charge in [0.2, 0.25) is 5.91 Å². The molecule has 1 aromatic rings. The van der Waals surface area contributed by atoms with Crippen LogP contribution in [0.15, 0.2) is 17.3 Å². The highest BCUT2D eigenvalue weighted by molar-refractivity contribution is 5.92. The average Bonchev–Trinajstić information content (AvgIpc) is 2.56. The Morgan fingerprint density at radius 1 is 1.20 bits per heavy atom. The largest absolute Gasteiger partial charge is 0.462 e. The van der Waals surface area contributed by atoms with Gasteiger partial charge in [0.15, 0.2) is 23.3 Å². The number of rotatable bonds is 7. The molecule has 1 amide bonds. The molecule has 11 heteroatoms. The van der Waals surface area contributed by atoms with Crippen molar-refractivity contribution in [2.45, 2.75) is 13.3 Å². The van der Waals surface area contributed by atoms with Gasteiger partial charge in [-0.2, -0.15) is 0 Å². The molecule has 0 aromatic heterocycles. The Hall–Kier alpha value is -3.07. The molecule has 134 valence electrons. The van der Waals surface area contributed by atoms with Gasteiger partial charge in [-0.05, 0) is 18.9 Å². The Bertz CT molecular complexity index is 747. The van der Waals surface area contributed by atoms with Crippen molar-refractivity contribution in [3.05, 3.63) is 51.4 Å². The van der Waals surface area contributed by atoms with E-state index in [0.29, 0.717) is 0 Å². The van der Waals surface area contributed by atoms with Crippen LogP contribution in [0.5, 0.6) is 0 Å². The van der Waals surface area contributed by atoms with Gasteiger partial charge in [0.25, 0.3) is 0 Å². The number of carbonyl (C=O) groups is 2. The van der Waals surface area contributed by atoms with E-state index in [1.54, 1.807) is 0 Å². The van der Waals surface area contributed by atoms with Crippen molar-refractivity contribution in [3.8, 4) is 0 Å². The lowest BCUT2D eigenvalue weighted by Crippen LogP contribution is -2.26. The van der Waals surface area contributed by atoms with Crippen LogP contribution in [0.3, 0.4) is 0 Å². The van der Waals surface area contributed by atoms with E-state index < -0.39 is 46.4 Å². The zero-order valence-corrected chi connectivity index (χ0v) is 12.9. The maximum Gasteiger partial charge on any atom is 0.344 e. The molecule has 0 heterocycles. The summed E-state index contributed by atoms with van der Waals surface area (Å²) in [6.07, 6.45) is 0.0791. The minimum atomic E-state index is -2.04. The summed E-state index contributed by atoms with van der Waals surface area (Å²) in [6, 6.07) is 0. The summed E-state index contributed by atoms with van der Waals surface area (Å²) < 4.78 is 59.0. The lowest BCUT2D eigenvalue weighted by atomic mass is 10.1. The van der Waals surface area contributed by atoms with Crippen molar-refractivity contribution < 1.29 is 31.9 Å². The number of halogens is 4. The quantitative estimate of drug-likeness (QED) is 0.118. The van der Waals surface area contributed by atoms with Gasteiger partial charge in [-0.25, -0.2) is 22.4 Å². The summed E-state index contributed by atoms with van der Waals surface area (Å²) in [5.41, 5.74) is 5.26. The second kappa shape index (κ2) is 8.69. The van der Waals surface area contributed by atoms with E-state index in [1.807, 2.05) is 4.91 Å². The molecule has 0 aliphatic rings. The molecule has 1 rings (SSSR count). The smallest absolute Gasteiger partial charge is 0.344 e. The predicted molar refractivity (Wildman–Crippen MR) is 77.8 cm³/mol. The van der Waals surface area contributed by atoms with E-state index in [0.717, 1.165) is 0 Å². The van der Waals surface area contributed by atoms with Crippen LogP contribution in [-0.2, 0) is 9.53 Å². The van der Waals surface area contributed by atoms with Crippen molar-refractivity contribution in [3.63, 3.8) is 0 Å². The standard InChI is InChI=1S/C14H12F4N4O3/c1-6(2)13(23)20-4-3-5-25-14(24)7-8(15)10(17)12(21-22-19)11(18)9(7)16/h1,3-5H2,2H3,(H,20,23). The van der Waals surface area contributed by atoms with Gasteiger partial charge >= 0.3 is 5.97 Å². The third kappa shape index (κ3) is 4.70. The second-order valence-electron chi connectivity index (χ2n) is 4.69. The SMILES string of the molecule is C=C(C)C(=O)NCCCOC(=O)c1c(F)c(F)c(N=[N+]=[N-])c(F)c1F.